The highest BCUT2D eigenvalue weighted by Gasteiger charge is 2.41. The number of hydrogen-bond acceptors (Lipinski definition) is 4. The zero-order chi connectivity index (χ0) is 23.0. The summed E-state index contributed by atoms with van der Waals surface area (Å²) in [7, 11) is -4.43. The molecule has 3 aromatic carbocycles. The third-order valence-electron chi connectivity index (χ3n) is 4.82. The summed E-state index contributed by atoms with van der Waals surface area (Å²) in [4.78, 5) is 12.3. The van der Waals surface area contributed by atoms with Crippen molar-refractivity contribution in [2.45, 2.75) is 6.54 Å². The van der Waals surface area contributed by atoms with E-state index in [1.54, 1.807) is 42.5 Å². The minimum Gasteiger partial charge on any atom is -0.506 e. The maximum Gasteiger partial charge on any atom is 0.273 e. The molecular weight excluding hydrogens is 495 g/mol. The van der Waals surface area contributed by atoms with Gasteiger partial charge in [0.05, 0.1) is 22.9 Å². The van der Waals surface area contributed by atoms with Gasteiger partial charge in [-0.15, -0.1) is 0 Å². The molecule has 0 spiro atoms. The third kappa shape index (κ3) is 4.17. The van der Waals surface area contributed by atoms with E-state index >= 15 is 0 Å². The molecule has 0 radical (unpaired) electrons. The number of halogens is 3. The molecular formula is C22H15Cl3N2O4S. The third-order valence-corrected chi connectivity index (χ3v) is 7.42. The number of para-hydroxylation sites is 1. The van der Waals surface area contributed by atoms with Gasteiger partial charge in [-0.25, -0.2) is 8.42 Å². The number of aliphatic hydroxyl groups is 1. The van der Waals surface area contributed by atoms with Crippen LogP contribution in [0.15, 0.2) is 71.6 Å². The summed E-state index contributed by atoms with van der Waals surface area (Å²) in [5, 5.41) is 14.2. The van der Waals surface area contributed by atoms with Gasteiger partial charge in [0.15, 0.2) is 10.7 Å². The zero-order valence-electron chi connectivity index (χ0n) is 16.2. The first-order valence-corrected chi connectivity index (χ1v) is 11.8. The highest BCUT2D eigenvalue weighted by Crippen LogP contribution is 2.40. The van der Waals surface area contributed by atoms with Gasteiger partial charge in [0, 0.05) is 15.6 Å². The highest BCUT2D eigenvalue weighted by atomic mass is 35.5. The summed E-state index contributed by atoms with van der Waals surface area (Å²) >= 11 is 17.9. The lowest BCUT2D eigenvalue weighted by Crippen LogP contribution is -2.39. The van der Waals surface area contributed by atoms with Crippen molar-refractivity contribution in [3.05, 3.63) is 97.8 Å². The molecule has 2 N–H and O–H groups in total. The van der Waals surface area contributed by atoms with E-state index in [0.717, 1.165) is 4.31 Å². The van der Waals surface area contributed by atoms with Crippen molar-refractivity contribution in [2.75, 3.05) is 9.62 Å². The van der Waals surface area contributed by atoms with Crippen LogP contribution < -0.4 is 9.62 Å². The molecule has 6 nitrogen and oxygen atoms in total. The largest absolute Gasteiger partial charge is 0.506 e. The van der Waals surface area contributed by atoms with E-state index in [1.165, 1.54) is 24.3 Å². The fourth-order valence-electron chi connectivity index (χ4n) is 3.30. The predicted molar refractivity (Wildman–Crippen MR) is 128 cm³/mol. The summed E-state index contributed by atoms with van der Waals surface area (Å²) in [6.45, 7) is -0.0672. The number of benzene rings is 3. The lowest BCUT2D eigenvalue weighted by atomic mass is 10.1. The molecule has 1 amide bonds. The van der Waals surface area contributed by atoms with E-state index in [9.17, 15) is 18.3 Å². The molecule has 0 saturated carbocycles. The Balaban J connectivity index is 1.79. The first-order chi connectivity index (χ1) is 15.2. The topological polar surface area (TPSA) is 86.7 Å². The van der Waals surface area contributed by atoms with Crippen LogP contribution >= 0.6 is 34.8 Å². The number of nitrogens with one attached hydrogen (secondary N) is 1. The second-order valence-electron chi connectivity index (χ2n) is 6.91. The Morgan fingerprint density at radius 2 is 1.59 bits per heavy atom. The Hall–Kier alpha value is -2.71. The van der Waals surface area contributed by atoms with Gasteiger partial charge in [-0.05, 0) is 48.0 Å². The molecule has 0 fully saturated rings. The van der Waals surface area contributed by atoms with Crippen molar-refractivity contribution in [3.63, 3.8) is 0 Å². The molecule has 32 heavy (non-hydrogen) atoms. The average molecular weight is 510 g/mol. The number of hydrogen-bond donors (Lipinski definition) is 2. The SMILES string of the molecule is O=C(Nc1ccc(Cl)cc1Cl)C1=C(O)c2ccccc2N(Cc2ccc(Cl)cc2)S1(=O)=O. The number of aliphatic hydroxyl groups excluding tert-OH is 1. The Kier molecular flexibility index (Phi) is 6.09. The fourth-order valence-corrected chi connectivity index (χ4v) is 5.47. The molecule has 0 bridgehead atoms. The van der Waals surface area contributed by atoms with Gasteiger partial charge in [-0.3, -0.25) is 9.10 Å². The molecule has 1 heterocycles. The summed E-state index contributed by atoms with van der Waals surface area (Å²) in [6, 6.07) is 17.4. The lowest BCUT2D eigenvalue weighted by molar-refractivity contribution is -0.112. The van der Waals surface area contributed by atoms with Gasteiger partial charge < -0.3 is 10.4 Å². The van der Waals surface area contributed by atoms with Gasteiger partial charge in [-0.2, -0.15) is 0 Å². The second kappa shape index (κ2) is 8.67. The number of rotatable bonds is 4. The molecule has 1 aliphatic rings. The Bertz CT molecular complexity index is 1360. The van der Waals surface area contributed by atoms with E-state index in [4.69, 9.17) is 34.8 Å². The number of carbonyl (C=O) groups excluding carboxylic acids is 1. The summed E-state index contributed by atoms with van der Waals surface area (Å²) < 4.78 is 28.1. The summed E-state index contributed by atoms with van der Waals surface area (Å²) in [6.07, 6.45) is 0. The average Bonchev–Trinajstić information content (AvgIpc) is 2.74. The van der Waals surface area contributed by atoms with Gasteiger partial charge in [0.1, 0.15) is 0 Å². The molecule has 164 valence electrons. The minimum atomic E-state index is -4.43. The molecule has 4 rings (SSSR count). The molecule has 0 unspecified atom stereocenters. The predicted octanol–water partition coefficient (Wildman–Crippen LogP) is 5.86. The van der Waals surface area contributed by atoms with E-state index in [-0.39, 0.29) is 28.5 Å². The van der Waals surface area contributed by atoms with E-state index in [1.807, 2.05) is 0 Å². The zero-order valence-corrected chi connectivity index (χ0v) is 19.3. The summed E-state index contributed by atoms with van der Waals surface area (Å²) in [5.41, 5.74) is 1.26. The smallest absolute Gasteiger partial charge is 0.273 e. The molecule has 0 atom stereocenters. The van der Waals surface area contributed by atoms with Crippen LogP contribution in [-0.2, 0) is 21.4 Å². The Morgan fingerprint density at radius 3 is 2.28 bits per heavy atom. The molecule has 0 aromatic heterocycles. The molecule has 10 heteroatoms. The molecule has 0 saturated heterocycles. The monoisotopic (exact) mass is 508 g/mol. The second-order valence-corrected chi connectivity index (χ2v) is 9.99. The normalized spacial score (nSPS) is 14.8. The Morgan fingerprint density at radius 1 is 0.938 bits per heavy atom. The maximum atomic E-state index is 13.5. The van der Waals surface area contributed by atoms with Crippen LogP contribution in [0.4, 0.5) is 11.4 Å². The highest BCUT2D eigenvalue weighted by molar-refractivity contribution is 7.97. The number of sulfonamides is 1. The van der Waals surface area contributed by atoms with E-state index in [2.05, 4.69) is 5.32 Å². The molecule has 3 aromatic rings. The van der Waals surface area contributed by atoms with Crippen molar-refractivity contribution in [1.29, 1.82) is 0 Å². The first-order valence-electron chi connectivity index (χ1n) is 9.24. The van der Waals surface area contributed by atoms with E-state index in [0.29, 0.717) is 15.6 Å². The molecule has 1 aliphatic heterocycles. The summed E-state index contributed by atoms with van der Waals surface area (Å²) in [5.74, 6) is -1.67. The van der Waals surface area contributed by atoms with Gasteiger partial charge >= 0.3 is 0 Å². The van der Waals surface area contributed by atoms with Gasteiger partial charge in [0.25, 0.3) is 15.9 Å². The van der Waals surface area contributed by atoms with Crippen molar-refractivity contribution in [2.24, 2.45) is 0 Å². The van der Waals surface area contributed by atoms with Crippen molar-refractivity contribution in [1.82, 2.24) is 0 Å². The lowest BCUT2D eigenvalue weighted by Gasteiger charge is -2.31. The minimum absolute atomic E-state index is 0.0672. The van der Waals surface area contributed by atoms with Crippen LogP contribution in [-0.4, -0.2) is 19.4 Å². The number of amides is 1. The number of carbonyl (C=O) groups is 1. The molecule has 0 aliphatic carbocycles. The standard InChI is InChI=1S/C22H15Cl3N2O4S/c23-14-7-5-13(6-8-14)12-27-19-4-2-1-3-16(19)20(28)21(32(27,30)31)22(29)26-18-10-9-15(24)11-17(18)25/h1-11,28H,12H2,(H,26,29). The van der Waals surface area contributed by atoms with Crippen molar-refractivity contribution < 1.29 is 18.3 Å². The Labute approximate surface area is 199 Å². The van der Waals surface area contributed by atoms with Crippen LogP contribution in [0.3, 0.4) is 0 Å². The van der Waals surface area contributed by atoms with Crippen molar-refractivity contribution >= 4 is 67.9 Å². The number of anilines is 2. The quantitative estimate of drug-likeness (QED) is 0.461. The van der Waals surface area contributed by atoms with Gasteiger partial charge in [-0.1, -0.05) is 59.1 Å². The van der Waals surface area contributed by atoms with Crippen LogP contribution in [0.1, 0.15) is 11.1 Å². The van der Waals surface area contributed by atoms with E-state index < -0.39 is 26.6 Å². The number of fused-ring (bicyclic) bond motifs is 1. The first kappa shape index (κ1) is 22.5. The number of nitrogens with zero attached hydrogens (tertiary/aromatic N) is 1. The van der Waals surface area contributed by atoms with Gasteiger partial charge in [0.2, 0.25) is 0 Å². The van der Waals surface area contributed by atoms with Crippen LogP contribution in [0.5, 0.6) is 0 Å². The fraction of sp³-hybridized carbons (Fsp3) is 0.0455. The van der Waals surface area contributed by atoms with Crippen LogP contribution in [0.2, 0.25) is 15.1 Å². The van der Waals surface area contributed by atoms with Crippen molar-refractivity contribution in [3.8, 4) is 0 Å². The van der Waals surface area contributed by atoms with Crippen LogP contribution in [0.25, 0.3) is 5.76 Å². The maximum absolute atomic E-state index is 13.5. The van der Waals surface area contributed by atoms with Crippen LogP contribution in [0, 0.1) is 0 Å².